The molecule has 2 aromatic carbocycles. The van der Waals surface area contributed by atoms with Gasteiger partial charge < -0.3 is 15.0 Å². The highest BCUT2D eigenvalue weighted by molar-refractivity contribution is 5.82. The number of hydrogen-bond acceptors (Lipinski definition) is 3. The summed E-state index contributed by atoms with van der Waals surface area (Å²) in [5.74, 6) is -0.0153. The van der Waals surface area contributed by atoms with Gasteiger partial charge in [-0.25, -0.2) is 4.79 Å². The Labute approximate surface area is 153 Å². The number of likely N-dealkylation sites (tertiary alicyclic amines) is 1. The Morgan fingerprint density at radius 1 is 0.962 bits per heavy atom. The summed E-state index contributed by atoms with van der Waals surface area (Å²) in [5, 5.41) is 2.58. The van der Waals surface area contributed by atoms with Crippen LogP contribution in [0.25, 0.3) is 11.1 Å². The number of amides is 2. The van der Waals surface area contributed by atoms with Gasteiger partial charge in [-0.05, 0) is 35.1 Å². The molecule has 0 atom stereocenters. The third-order valence-corrected chi connectivity index (χ3v) is 5.19. The van der Waals surface area contributed by atoms with E-state index in [2.05, 4.69) is 29.6 Å². The smallest absolute Gasteiger partial charge is 0.407 e. The molecule has 1 heterocycles. The van der Waals surface area contributed by atoms with Gasteiger partial charge in [0.1, 0.15) is 13.2 Å². The van der Waals surface area contributed by atoms with Crippen LogP contribution in [0.1, 0.15) is 29.9 Å². The summed E-state index contributed by atoms with van der Waals surface area (Å²) in [6, 6.07) is 16.4. The molecule has 134 valence electrons. The van der Waals surface area contributed by atoms with Crippen LogP contribution in [0.4, 0.5) is 4.79 Å². The van der Waals surface area contributed by atoms with Crippen LogP contribution in [0, 0.1) is 0 Å². The zero-order chi connectivity index (χ0) is 17.9. The van der Waals surface area contributed by atoms with Gasteiger partial charge in [0, 0.05) is 19.0 Å². The quantitative estimate of drug-likeness (QED) is 0.921. The SMILES string of the molecule is O=C(NCC(=O)N1CCCC1)OCC1c2ccccc2-c2ccccc21. The van der Waals surface area contributed by atoms with E-state index in [0.29, 0.717) is 0 Å². The Balaban J connectivity index is 1.37. The molecule has 0 bridgehead atoms. The molecular formula is C21H22N2O3. The predicted octanol–water partition coefficient (Wildman–Crippen LogP) is 3.15. The summed E-state index contributed by atoms with van der Waals surface area (Å²) in [4.78, 5) is 25.8. The number of ether oxygens (including phenoxy) is 1. The summed E-state index contributed by atoms with van der Waals surface area (Å²) in [7, 11) is 0. The Morgan fingerprint density at radius 2 is 1.54 bits per heavy atom. The molecule has 1 saturated heterocycles. The predicted molar refractivity (Wildman–Crippen MR) is 98.9 cm³/mol. The van der Waals surface area contributed by atoms with Crippen LogP contribution >= 0.6 is 0 Å². The van der Waals surface area contributed by atoms with Crippen LogP contribution in [-0.4, -0.2) is 43.1 Å². The second kappa shape index (κ2) is 7.20. The molecular weight excluding hydrogens is 328 g/mol. The first-order chi connectivity index (χ1) is 12.7. The molecule has 0 aromatic heterocycles. The van der Waals surface area contributed by atoms with Crippen molar-refractivity contribution in [2.45, 2.75) is 18.8 Å². The Hall–Kier alpha value is -2.82. The molecule has 4 rings (SSSR count). The summed E-state index contributed by atoms with van der Waals surface area (Å²) in [6.07, 6.45) is 1.53. The van der Waals surface area contributed by atoms with E-state index in [4.69, 9.17) is 4.74 Å². The first-order valence-electron chi connectivity index (χ1n) is 9.10. The van der Waals surface area contributed by atoms with E-state index in [0.717, 1.165) is 25.9 Å². The van der Waals surface area contributed by atoms with Gasteiger partial charge in [0.05, 0.1) is 0 Å². The van der Waals surface area contributed by atoms with Gasteiger partial charge in [-0.15, -0.1) is 0 Å². The van der Waals surface area contributed by atoms with E-state index in [1.54, 1.807) is 4.90 Å². The number of hydrogen-bond donors (Lipinski definition) is 1. The third-order valence-electron chi connectivity index (χ3n) is 5.19. The van der Waals surface area contributed by atoms with Crippen LogP contribution in [0.2, 0.25) is 0 Å². The van der Waals surface area contributed by atoms with Crippen LogP contribution in [0.5, 0.6) is 0 Å². The molecule has 26 heavy (non-hydrogen) atoms. The van der Waals surface area contributed by atoms with E-state index >= 15 is 0 Å². The summed E-state index contributed by atoms with van der Waals surface area (Å²) < 4.78 is 5.43. The van der Waals surface area contributed by atoms with Gasteiger partial charge in [-0.1, -0.05) is 48.5 Å². The lowest BCUT2D eigenvalue weighted by Crippen LogP contribution is -2.39. The van der Waals surface area contributed by atoms with Crippen molar-refractivity contribution in [3.63, 3.8) is 0 Å². The van der Waals surface area contributed by atoms with Gasteiger partial charge in [-0.2, -0.15) is 0 Å². The first kappa shape index (κ1) is 16.6. The van der Waals surface area contributed by atoms with Gasteiger partial charge in [0.25, 0.3) is 0 Å². The van der Waals surface area contributed by atoms with Gasteiger partial charge in [-0.3, -0.25) is 4.79 Å². The van der Waals surface area contributed by atoms with Crippen molar-refractivity contribution >= 4 is 12.0 Å². The monoisotopic (exact) mass is 350 g/mol. The van der Waals surface area contributed by atoms with Gasteiger partial charge >= 0.3 is 6.09 Å². The average Bonchev–Trinajstić information content (AvgIpc) is 3.31. The Morgan fingerprint density at radius 3 is 2.15 bits per heavy atom. The van der Waals surface area contributed by atoms with Crippen molar-refractivity contribution in [3.8, 4) is 11.1 Å². The van der Waals surface area contributed by atoms with Crippen molar-refractivity contribution in [2.24, 2.45) is 0 Å². The lowest BCUT2D eigenvalue weighted by Gasteiger charge is -2.17. The molecule has 1 fully saturated rings. The highest BCUT2D eigenvalue weighted by Crippen LogP contribution is 2.44. The molecule has 1 N–H and O–H groups in total. The number of carbonyl (C=O) groups is 2. The number of rotatable bonds is 4. The lowest BCUT2D eigenvalue weighted by atomic mass is 9.98. The Bertz CT molecular complexity index is 782. The minimum Gasteiger partial charge on any atom is -0.449 e. The number of nitrogens with zero attached hydrogens (tertiary/aromatic N) is 1. The second-order valence-electron chi connectivity index (χ2n) is 6.77. The Kier molecular flexibility index (Phi) is 4.61. The van der Waals surface area contributed by atoms with E-state index < -0.39 is 6.09 Å². The minimum atomic E-state index is -0.542. The largest absolute Gasteiger partial charge is 0.449 e. The van der Waals surface area contributed by atoms with E-state index in [-0.39, 0.29) is 25.0 Å². The number of alkyl carbamates (subject to hydrolysis) is 1. The third kappa shape index (κ3) is 3.17. The first-order valence-corrected chi connectivity index (χ1v) is 9.10. The standard InChI is InChI=1S/C21H22N2O3/c24-20(23-11-5-6-12-23)13-22-21(25)26-14-19-17-9-3-1-7-15(17)16-8-2-4-10-18(16)19/h1-4,7-10,19H,5-6,11-14H2,(H,22,25). The molecule has 0 saturated carbocycles. The maximum Gasteiger partial charge on any atom is 0.407 e. The number of carbonyl (C=O) groups excluding carboxylic acids is 2. The summed E-state index contributed by atoms with van der Waals surface area (Å²) in [5.41, 5.74) is 4.74. The number of benzene rings is 2. The topological polar surface area (TPSA) is 58.6 Å². The fourth-order valence-electron chi connectivity index (χ4n) is 3.88. The number of fused-ring (bicyclic) bond motifs is 3. The molecule has 0 radical (unpaired) electrons. The highest BCUT2D eigenvalue weighted by atomic mass is 16.5. The molecule has 2 aromatic rings. The molecule has 5 nitrogen and oxygen atoms in total. The van der Waals surface area contributed by atoms with Crippen molar-refractivity contribution < 1.29 is 14.3 Å². The van der Waals surface area contributed by atoms with E-state index in [1.807, 2.05) is 24.3 Å². The van der Waals surface area contributed by atoms with Gasteiger partial charge in [0.2, 0.25) is 5.91 Å². The molecule has 1 aliphatic carbocycles. The van der Waals surface area contributed by atoms with Crippen molar-refractivity contribution in [2.75, 3.05) is 26.2 Å². The molecule has 0 unspecified atom stereocenters. The summed E-state index contributed by atoms with van der Waals surface area (Å²) in [6.45, 7) is 1.82. The molecule has 0 spiro atoms. The van der Waals surface area contributed by atoms with E-state index in [9.17, 15) is 9.59 Å². The maximum atomic E-state index is 12.0. The number of nitrogens with one attached hydrogen (secondary N) is 1. The molecule has 1 aliphatic heterocycles. The van der Waals surface area contributed by atoms with Crippen molar-refractivity contribution in [3.05, 3.63) is 59.7 Å². The highest BCUT2D eigenvalue weighted by Gasteiger charge is 2.29. The summed E-state index contributed by atoms with van der Waals surface area (Å²) >= 11 is 0. The zero-order valence-corrected chi connectivity index (χ0v) is 14.6. The fourth-order valence-corrected chi connectivity index (χ4v) is 3.88. The second-order valence-corrected chi connectivity index (χ2v) is 6.77. The zero-order valence-electron chi connectivity index (χ0n) is 14.6. The normalized spacial score (nSPS) is 15.5. The van der Waals surface area contributed by atoms with Crippen molar-refractivity contribution in [1.82, 2.24) is 10.2 Å². The van der Waals surface area contributed by atoms with E-state index in [1.165, 1.54) is 22.3 Å². The average molecular weight is 350 g/mol. The molecule has 5 heteroatoms. The molecule has 2 amide bonds. The lowest BCUT2D eigenvalue weighted by molar-refractivity contribution is -0.129. The van der Waals surface area contributed by atoms with Crippen molar-refractivity contribution in [1.29, 1.82) is 0 Å². The molecule has 2 aliphatic rings. The van der Waals surface area contributed by atoms with Crippen LogP contribution < -0.4 is 5.32 Å². The maximum absolute atomic E-state index is 12.0. The van der Waals surface area contributed by atoms with Crippen LogP contribution in [-0.2, 0) is 9.53 Å². The van der Waals surface area contributed by atoms with Crippen LogP contribution in [0.15, 0.2) is 48.5 Å². The van der Waals surface area contributed by atoms with Gasteiger partial charge in [0.15, 0.2) is 0 Å². The van der Waals surface area contributed by atoms with Crippen LogP contribution in [0.3, 0.4) is 0 Å². The fraction of sp³-hybridized carbons (Fsp3) is 0.333. The minimum absolute atomic E-state index is 0.00330.